The summed E-state index contributed by atoms with van der Waals surface area (Å²) in [6.45, 7) is 0. The Kier molecular flexibility index (Phi) is 8.91. The van der Waals surface area contributed by atoms with Gasteiger partial charge in [-0.25, -0.2) is 28.8 Å². The van der Waals surface area contributed by atoms with Crippen molar-refractivity contribution in [2.75, 3.05) is 14.2 Å². The lowest BCUT2D eigenvalue weighted by molar-refractivity contribution is 0.0425. The van der Waals surface area contributed by atoms with Gasteiger partial charge in [0.1, 0.15) is 0 Å². The minimum absolute atomic E-state index is 0.0104. The molecule has 0 unspecified atom stereocenters. The Bertz CT molecular complexity index is 2480. The Morgan fingerprint density at radius 3 is 1.16 bits per heavy atom. The number of hydrogen-bond acceptors (Lipinski definition) is 12. The molecule has 0 amide bonds. The number of ether oxygens (including phenoxy) is 6. The van der Waals surface area contributed by atoms with Crippen LogP contribution in [0, 0.1) is 0 Å². The minimum atomic E-state index is -0.856. The summed E-state index contributed by atoms with van der Waals surface area (Å²) in [6.07, 6.45) is 0. The lowest BCUT2D eigenvalue weighted by Crippen LogP contribution is -2.12. The predicted molar refractivity (Wildman–Crippen MR) is 198 cm³/mol. The van der Waals surface area contributed by atoms with Gasteiger partial charge in [-0.15, -0.1) is 0 Å². The molecule has 0 aromatic heterocycles. The van der Waals surface area contributed by atoms with E-state index in [0.717, 1.165) is 0 Å². The van der Waals surface area contributed by atoms with Gasteiger partial charge in [0.25, 0.3) is 0 Å². The van der Waals surface area contributed by atoms with Gasteiger partial charge in [0, 0.05) is 11.1 Å². The van der Waals surface area contributed by atoms with Gasteiger partial charge in [0.05, 0.1) is 47.6 Å². The van der Waals surface area contributed by atoms with Crippen LogP contribution >= 0.6 is 0 Å². The first kappa shape index (κ1) is 35.2. The van der Waals surface area contributed by atoms with E-state index in [2.05, 4.69) is 9.47 Å². The van der Waals surface area contributed by atoms with E-state index in [-0.39, 0.29) is 56.4 Å². The zero-order chi connectivity index (χ0) is 39.1. The van der Waals surface area contributed by atoms with Gasteiger partial charge in [-0.3, -0.25) is 0 Å². The van der Waals surface area contributed by atoms with Crippen LogP contribution in [-0.2, 0) is 9.47 Å². The maximum Gasteiger partial charge on any atom is 0.346 e. The highest BCUT2D eigenvalue weighted by atomic mass is 16.6. The highest BCUT2D eigenvalue weighted by Gasteiger charge is 2.33. The number of benzene rings is 6. The molecule has 0 saturated carbocycles. The van der Waals surface area contributed by atoms with Crippen LogP contribution in [0.4, 0.5) is 0 Å². The molecule has 12 heteroatoms. The van der Waals surface area contributed by atoms with Crippen molar-refractivity contribution in [3.05, 3.63) is 155 Å². The molecule has 6 aromatic carbocycles. The molecule has 0 bridgehead atoms. The number of rotatable bonds is 9. The van der Waals surface area contributed by atoms with Gasteiger partial charge in [-0.05, 0) is 82.9 Å². The highest BCUT2D eigenvalue weighted by Crippen LogP contribution is 2.47. The van der Waals surface area contributed by atoms with Crippen molar-refractivity contribution in [2.45, 2.75) is 0 Å². The first-order chi connectivity index (χ1) is 27.1. The maximum atomic E-state index is 13.6. The smallest absolute Gasteiger partial charge is 0.346 e. The molecule has 0 radical (unpaired) electrons. The van der Waals surface area contributed by atoms with E-state index >= 15 is 0 Å². The van der Waals surface area contributed by atoms with Gasteiger partial charge in [0.2, 0.25) is 0 Å². The van der Waals surface area contributed by atoms with E-state index in [0.29, 0.717) is 33.4 Å². The second kappa shape index (κ2) is 14.2. The lowest BCUT2D eigenvalue weighted by atomic mass is 9.94. The van der Waals surface area contributed by atoms with Gasteiger partial charge in [-0.2, -0.15) is 0 Å². The molecule has 0 spiro atoms. The van der Waals surface area contributed by atoms with Crippen LogP contribution in [0.1, 0.15) is 62.1 Å². The molecule has 274 valence electrons. The summed E-state index contributed by atoms with van der Waals surface area (Å²) in [7, 11) is 2.85. The molecule has 0 saturated heterocycles. The quantitative estimate of drug-likeness (QED) is 0.0806. The van der Waals surface area contributed by atoms with Crippen LogP contribution in [0.25, 0.3) is 33.4 Å². The second-order valence-electron chi connectivity index (χ2n) is 12.5. The Balaban J connectivity index is 1.22. The average Bonchev–Trinajstić information content (AvgIpc) is 3.68. The molecular formula is C44H26O12. The maximum absolute atomic E-state index is 13.6. The number of hydrogen-bond donors (Lipinski definition) is 0. The third kappa shape index (κ3) is 6.30. The Labute approximate surface area is 317 Å². The normalized spacial score (nSPS) is 12.7. The van der Waals surface area contributed by atoms with Crippen molar-refractivity contribution in [1.29, 1.82) is 0 Å². The molecule has 0 N–H and O–H groups in total. The summed E-state index contributed by atoms with van der Waals surface area (Å²) in [5, 5.41) is 0. The molecule has 0 aliphatic carbocycles. The first-order valence-electron chi connectivity index (χ1n) is 16.9. The van der Waals surface area contributed by atoms with Crippen molar-refractivity contribution in [1.82, 2.24) is 0 Å². The first-order valence-corrected chi connectivity index (χ1v) is 16.9. The fourth-order valence-corrected chi connectivity index (χ4v) is 6.44. The third-order valence-corrected chi connectivity index (χ3v) is 9.20. The number of cyclic esters (lactones) is 4. The number of methoxy groups -OCH3 is 2. The van der Waals surface area contributed by atoms with E-state index in [4.69, 9.17) is 18.9 Å². The van der Waals surface area contributed by atoms with E-state index in [1.807, 2.05) is 60.7 Å². The molecular weight excluding hydrogens is 720 g/mol. The number of carbonyl (C=O) groups excluding carboxylic acids is 6. The summed E-state index contributed by atoms with van der Waals surface area (Å²) in [5.74, 6) is -4.36. The van der Waals surface area contributed by atoms with Gasteiger partial charge in [0.15, 0.2) is 23.0 Å². The fourth-order valence-electron chi connectivity index (χ4n) is 6.44. The summed E-state index contributed by atoms with van der Waals surface area (Å²) in [4.78, 5) is 75.5. The standard InChI is InChI=1S/C44H26O12/c1-51-35-21-27(19-31(23-9-5-3-6-10-23)37(35)53-39(45)25-13-15-29-33(17-25)43(49)55-41(29)47)28-20-32(24-11-7-4-8-12-24)38(36(22-28)52-2)54-40(46)26-14-16-30-34(18-26)44(50)56-42(30)48/h3-22H,1-2H3. The zero-order valence-corrected chi connectivity index (χ0v) is 29.4. The fraction of sp³-hybridized carbons (Fsp3) is 0.0455. The van der Waals surface area contributed by atoms with E-state index in [9.17, 15) is 28.8 Å². The Morgan fingerprint density at radius 1 is 0.411 bits per heavy atom. The van der Waals surface area contributed by atoms with Crippen LogP contribution in [-0.4, -0.2) is 50.0 Å². The van der Waals surface area contributed by atoms with E-state index in [1.54, 1.807) is 24.3 Å². The van der Waals surface area contributed by atoms with Crippen molar-refractivity contribution in [3.63, 3.8) is 0 Å². The number of carbonyl (C=O) groups is 6. The summed E-state index contributed by atoms with van der Waals surface area (Å²) >= 11 is 0. The van der Waals surface area contributed by atoms with E-state index < -0.39 is 35.8 Å². The molecule has 0 atom stereocenters. The molecule has 6 aromatic rings. The molecule has 2 heterocycles. The van der Waals surface area contributed by atoms with Crippen LogP contribution in [0.5, 0.6) is 23.0 Å². The minimum Gasteiger partial charge on any atom is -0.493 e. The van der Waals surface area contributed by atoms with E-state index in [1.165, 1.54) is 50.6 Å². The largest absolute Gasteiger partial charge is 0.493 e. The molecule has 56 heavy (non-hydrogen) atoms. The molecule has 2 aliphatic rings. The zero-order valence-electron chi connectivity index (χ0n) is 29.4. The van der Waals surface area contributed by atoms with Crippen molar-refractivity contribution in [2.24, 2.45) is 0 Å². The molecule has 2 aliphatic heterocycles. The van der Waals surface area contributed by atoms with Crippen LogP contribution < -0.4 is 18.9 Å². The number of fused-ring (bicyclic) bond motifs is 2. The molecule has 12 nitrogen and oxygen atoms in total. The van der Waals surface area contributed by atoms with Crippen LogP contribution in [0.3, 0.4) is 0 Å². The summed E-state index contributed by atoms with van der Waals surface area (Å²) in [5.41, 5.74) is 3.58. The van der Waals surface area contributed by atoms with Crippen LogP contribution in [0.2, 0.25) is 0 Å². The molecule has 0 fully saturated rings. The van der Waals surface area contributed by atoms with Crippen molar-refractivity contribution >= 4 is 35.8 Å². The van der Waals surface area contributed by atoms with Crippen molar-refractivity contribution in [3.8, 4) is 56.4 Å². The monoisotopic (exact) mass is 746 g/mol. The Hall–Kier alpha value is -7.86. The van der Waals surface area contributed by atoms with Gasteiger partial charge < -0.3 is 28.4 Å². The predicted octanol–water partition coefficient (Wildman–Crippen LogP) is 7.76. The van der Waals surface area contributed by atoms with Crippen molar-refractivity contribution < 1.29 is 57.2 Å². The average molecular weight is 747 g/mol. The Morgan fingerprint density at radius 2 is 0.786 bits per heavy atom. The summed E-state index contributed by atoms with van der Waals surface area (Å²) in [6, 6.07) is 33.2. The van der Waals surface area contributed by atoms with Gasteiger partial charge in [-0.1, -0.05) is 60.7 Å². The molecule has 8 rings (SSSR count). The topological polar surface area (TPSA) is 158 Å². The second-order valence-corrected chi connectivity index (χ2v) is 12.5. The lowest BCUT2D eigenvalue weighted by Gasteiger charge is -2.19. The van der Waals surface area contributed by atoms with Crippen LogP contribution in [0.15, 0.2) is 121 Å². The van der Waals surface area contributed by atoms with Gasteiger partial charge >= 0.3 is 35.8 Å². The summed E-state index contributed by atoms with van der Waals surface area (Å²) < 4.78 is 32.9. The number of esters is 6. The third-order valence-electron chi connectivity index (χ3n) is 9.20. The SMILES string of the molecule is COc1cc(-c2cc(OC)c(OC(=O)c3ccc4c(c3)C(=O)OC4=O)c(-c3ccccc3)c2)cc(-c2ccccc2)c1OC(=O)c1ccc2c(c1)C(=O)OC2=O. The highest BCUT2D eigenvalue weighted by molar-refractivity contribution is 6.16.